The maximum Gasteiger partial charge on any atom is 0.193 e. The molecule has 0 amide bonds. The van der Waals surface area contributed by atoms with Crippen molar-refractivity contribution >= 4 is 8.32 Å². The van der Waals surface area contributed by atoms with Crippen LogP contribution >= 0.6 is 0 Å². The molecule has 1 N–H and O–H groups in total. The fraction of sp³-hybridized carbons (Fsp3) is 0.765. The first-order chi connectivity index (χ1) is 17.0. The van der Waals surface area contributed by atoms with E-state index in [1.54, 1.807) is 5.57 Å². The highest BCUT2D eigenvalue weighted by atomic mass is 28.4. The largest absolute Gasteiger partial charge is 0.406 e. The Bertz CT molecular complexity index is 909. The number of allylic oxidation sites excluding steroid dienone is 3. The third kappa shape index (κ3) is 7.00. The van der Waals surface area contributed by atoms with E-state index in [-0.39, 0.29) is 11.1 Å². The van der Waals surface area contributed by atoms with Crippen molar-refractivity contribution in [1.82, 2.24) is 0 Å². The Morgan fingerprint density at radius 2 is 1.76 bits per heavy atom. The van der Waals surface area contributed by atoms with Crippen molar-refractivity contribution < 1.29 is 9.53 Å². The lowest BCUT2D eigenvalue weighted by Gasteiger charge is -2.44. The van der Waals surface area contributed by atoms with E-state index < -0.39 is 13.9 Å². The normalized spacial score (nSPS) is 32.8. The van der Waals surface area contributed by atoms with Gasteiger partial charge in [0.1, 0.15) is 0 Å². The van der Waals surface area contributed by atoms with Gasteiger partial charge in [0.25, 0.3) is 0 Å². The number of aliphatic hydroxyl groups is 1. The van der Waals surface area contributed by atoms with E-state index in [4.69, 9.17) is 4.43 Å². The quantitative estimate of drug-likeness (QED) is 0.252. The van der Waals surface area contributed by atoms with Crippen molar-refractivity contribution in [2.75, 3.05) is 0 Å². The van der Waals surface area contributed by atoms with Crippen LogP contribution in [-0.2, 0) is 4.43 Å². The van der Waals surface area contributed by atoms with E-state index in [0.717, 1.165) is 43.1 Å². The minimum Gasteiger partial charge on any atom is -0.406 e. The molecule has 3 aliphatic carbocycles. The summed E-state index contributed by atoms with van der Waals surface area (Å²) >= 11 is 0. The second-order valence-electron chi connectivity index (χ2n) is 15.2. The van der Waals surface area contributed by atoms with Crippen molar-refractivity contribution in [3.05, 3.63) is 47.6 Å². The Hall–Kier alpha value is -0.903. The smallest absolute Gasteiger partial charge is 0.193 e. The molecule has 0 saturated heterocycles. The minimum atomic E-state index is -1.91. The Balaban J connectivity index is 1.73. The topological polar surface area (TPSA) is 29.5 Å². The van der Waals surface area contributed by atoms with Crippen LogP contribution in [0, 0.1) is 23.2 Å². The molecule has 0 radical (unpaired) electrons. The summed E-state index contributed by atoms with van der Waals surface area (Å²) in [5, 5.41) is 10.3. The van der Waals surface area contributed by atoms with Gasteiger partial charge in [-0.05, 0) is 123 Å². The zero-order chi connectivity index (χ0) is 27.8. The first-order valence-corrected chi connectivity index (χ1v) is 18.0. The summed E-state index contributed by atoms with van der Waals surface area (Å²) in [5.41, 5.74) is 5.25. The van der Waals surface area contributed by atoms with Crippen LogP contribution in [0.1, 0.15) is 113 Å². The lowest BCUT2D eigenvalue weighted by atomic mass is 9.60. The minimum absolute atomic E-state index is 0.0310. The molecule has 0 spiro atoms. The number of rotatable bonds is 8. The summed E-state index contributed by atoms with van der Waals surface area (Å²) in [7, 11) is -1.91. The third-order valence-electron chi connectivity index (χ3n) is 10.7. The zero-order valence-electron chi connectivity index (χ0n) is 25.8. The molecule has 2 nitrogen and oxygen atoms in total. The highest BCUT2D eigenvalue weighted by molar-refractivity contribution is 6.74. The lowest BCUT2D eigenvalue weighted by molar-refractivity contribution is 0.0596. The van der Waals surface area contributed by atoms with Gasteiger partial charge in [0, 0.05) is 0 Å². The average molecular weight is 527 g/mol. The standard InChI is InChI=1S/C34H58O2Si/c1-24(14-12-22-33(7,8)35)29-20-21-30-28(15-13-23-34(29,30)9)19-18-27-17-16-25(2)31(26(27)3)36-37(10,11)32(4,5)6/h18-19,24,29-31,35H,2-3,12-17,20-23H2,1,4-11H3/b27-18-,28-19+/t24-,29+,30-,31-,34+/m0/s1. The molecule has 37 heavy (non-hydrogen) atoms. The molecule has 5 atom stereocenters. The van der Waals surface area contributed by atoms with Crippen LogP contribution in [0.15, 0.2) is 47.6 Å². The Morgan fingerprint density at radius 1 is 1.08 bits per heavy atom. The summed E-state index contributed by atoms with van der Waals surface area (Å²) in [4.78, 5) is 0. The summed E-state index contributed by atoms with van der Waals surface area (Å²) in [6.45, 7) is 29.5. The van der Waals surface area contributed by atoms with Gasteiger partial charge in [0.2, 0.25) is 0 Å². The fourth-order valence-corrected chi connectivity index (χ4v) is 8.55. The van der Waals surface area contributed by atoms with Crippen LogP contribution in [-0.4, -0.2) is 25.1 Å². The van der Waals surface area contributed by atoms with Gasteiger partial charge < -0.3 is 9.53 Å². The van der Waals surface area contributed by atoms with Gasteiger partial charge >= 0.3 is 0 Å². The molecule has 3 rings (SSSR count). The van der Waals surface area contributed by atoms with Gasteiger partial charge in [-0.25, -0.2) is 0 Å². The van der Waals surface area contributed by atoms with Crippen molar-refractivity contribution in [2.24, 2.45) is 23.2 Å². The van der Waals surface area contributed by atoms with Crippen molar-refractivity contribution in [3.8, 4) is 0 Å². The van der Waals surface area contributed by atoms with E-state index in [9.17, 15) is 5.11 Å². The van der Waals surface area contributed by atoms with Crippen molar-refractivity contribution in [1.29, 1.82) is 0 Å². The zero-order valence-corrected chi connectivity index (χ0v) is 26.8. The van der Waals surface area contributed by atoms with Crippen LogP contribution in [0.2, 0.25) is 18.1 Å². The predicted molar refractivity (Wildman–Crippen MR) is 163 cm³/mol. The highest BCUT2D eigenvalue weighted by Crippen LogP contribution is 2.60. The third-order valence-corrected chi connectivity index (χ3v) is 15.1. The van der Waals surface area contributed by atoms with E-state index in [1.165, 1.54) is 49.7 Å². The van der Waals surface area contributed by atoms with Crippen LogP contribution in [0.4, 0.5) is 0 Å². The molecule has 3 heteroatoms. The Labute approximate surface area is 230 Å². The maximum atomic E-state index is 10.1. The van der Waals surface area contributed by atoms with Crippen LogP contribution in [0.25, 0.3) is 0 Å². The molecule has 210 valence electrons. The molecule has 3 aliphatic rings. The van der Waals surface area contributed by atoms with Crippen LogP contribution in [0.5, 0.6) is 0 Å². The van der Waals surface area contributed by atoms with Gasteiger partial charge in [0.05, 0.1) is 11.7 Å². The van der Waals surface area contributed by atoms with Crippen LogP contribution in [0.3, 0.4) is 0 Å². The molecule has 0 bridgehead atoms. The summed E-state index contributed by atoms with van der Waals surface area (Å²) < 4.78 is 6.83. The number of fused-ring (bicyclic) bond motifs is 1. The van der Waals surface area contributed by atoms with Gasteiger partial charge in [-0.1, -0.05) is 78.3 Å². The SMILES string of the molecule is C=C1CC/C(=C/C=C2\CCC[C@]3(C)[C@@H]([C@@H](C)CCCC(C)(C)O)CC[C@@H]23)C(=C)[C@H]1O[Si](C)(C)C(C)(C)C. The predicted octanol–water partition coefficient (Wildman–Crippen LogP) is 9.93. The van der Waals surface area contributed by atoms with Gasteiger partial charge in [-0.2, -0.15) is 0 Å². The molecule has 0 aromatic heterocycles. The van der Waals surface area contributed by atoms with E-state index in [1.807, 2.05) is 13.8 Å². The second kappa shape index (κ2) is 11.3. The molecule has 0 unspecified atom stereocenters. The summed E-state index contributed by atoms with van der Waals surface area (Å²) in [5.74, 6) is 2.24. The molecule has 0 aromatic rings. The summed E-state index contributed by atoms with van der Waals surface area (Å²) in [6, 6.07) is 0. The molecular weight excluding hydrogens is 468 g/mol. The monoisotopic (exact) mass is 526 g/mol. The Morgan fingerprint density at radius 3 is 2.38 bits per heavy atom. The van der Waals surface area contributed by atoms with E-state index in [2.05, 4.69) is 73.0 Å². The summed E-state index contributed by atoms with van der Waals surface area (Å²) in [6.07, 6.45) is 16.8. The van der Waals surface area contributed by atoms with Crippen molar-refractivity contribution in [3.63, 3.8) is 0 Å². The fourth-order valence-electron chi connectivity index (χ4n) is 7.30. The molecular formula is C34H58O2Si. The lowest BCUT2D eigenvalue weighted by Crippen LogP contribution is -2.45. The van der Waals surface area contributed by atoms with Gasteiger partial charge in [-0.15, -0.1) is 0 Å². The van der Waals surface area contributed by atoms with Gasteiger partial charge in [0.15, 0.2) is 8.32 Å². The highest BCUT2D eigenvalue weighted by Gasteiger charge is 2.50. The van der Waals surface area contributed by atoms with Crippen LogP contribution < -0.4 is 0 Å². The number of hydrogen-bond donors (Lipinski definition) is 1. The molecule has 0 aromatic carbocycles. The maximum absolute atomic E-state index is 10.1. The number of hydrogen-bond acceptors (Lipinski definition) is 2. The van der Waals surface area contributed by atoms with E-state index >= 15 is 0 Å². The molecule has 3 saturated carbocycles. The first-order valence-electron chi connectivity index (χ1n) is 15.1. The second-order valence-corrected chi connectivity index (χ2v) is 19.9. The van der Waals surface area contributed by atoms with E-state index in [0.29, 0.717) is 11.3 Å². The first kappa shape index (κ1) is 30.6. The molecule has 0 aliphatic heterocycles. The van der Waals surface area contributed by atoms with Gasteiger partial charge in [-0.3, -0.25) is 0 Å². The Kier molecular flexibility index (Phi) is 9.35. The van der Waals surface area contributed by atoms with Crippen molar-refractivity contribution in [2.45, 2.75) is 143 Å². The molecule has 0 heterocycles. The molecule has 3 fully saturated rings. The average Bonchev–Trinajstić information content (AvgIpc) is 3.12.